The number of halogens is 1. The molecule has 3 rings (SSSR count). The highest BCUT2D eigenvalue weighted by Gasteiger charge is 2.20. The number of amides is 1. The molecule has 1 atom stereocenters. The SMILES string of the molecule is COc1ccc2ncc(Nc3ncccc3C(N)=O)c(F)c2c1N[C@@H](CN)CC(C)C. The predicted octanol–water partition coefficient (Wildman–Crippen LogP) is 3.41. The Morgan fingerprint density at radius 2 is 2.03 bits per heavy atom. The molecule has 0 bridgehead atoms. The number of benzene rings is 1. The number of rotatable bonds is 9. The number of nitrogens with one attached hydrogen (secondary N) is 2. The van der Waals surface area contributed by atoms with Gasteiger partial charge >= 0.3 is 0 Å². The fourth-order valence-corrected chi connectivity index (χ4v) is 3.45. The molecule has 1 aromatic carbocycles. The fraction of sp³-hybridized carbons (Fsp3) is 0.318. The summed E-state index contributed by atoms with van der Waals surface area (Å²) in [6.07, 6.45) is 3.63. The molecule has 0 aliphatic carbocycles. The summed E-state index contributed by atoms with van der Waals surface area (Å²) >= 11 is 0. The van der Waals surface area contributed by atoms with Gasteiger partial charge in [-0.1, -0.05) is 13.8 Å². The maximum Gasteiger partial charge on any atom is 0.252 e. The van der Waals surface area contributed by atoms with Crippen molar-refractivity contribution in [2.75, 3.05) is 24.3 Å². The smallest absolute Gasteiger partial charge is 0.252 e. The maximum absolute atomic E-state index is 15.7. The zero-order chi connectivity index (χ0) is 22.5. The maximum atomic E-state index is 15.7. The quantitative estimate of drug-likeness (QED) is 0.413. The molecule has 1 amide bonds. The van der Waals surface area contributed by atoms with E-state index in [9.17, 15) is 4.79 Å². The average Bonchev–Trinajstić information content (AvgIpc) is 2.75. The molecular formula is C22H27FN6O2. The number of primary amides is 1. The molecule has 0 radical (unpaired) electrons. The molecule has 31 heavy (non-hydrogen) atoms. The normalized spacial score (nSPS) is 12.1. The Kier molecular flexibility index (Phi) is 6.86. The number of hydrogen-bond donors (Lipinski definition) is 4. The molecule has 0 aliphatic heterocycles. The summed E-state index contributed by atoms with van der Waals surface area (Å²) < 4.78 is 21.2. The van der Waals surface area contributed by atoms with Crippen molar-refractivity contribution in [1.82, 2.24) is 9.97 Å². The van der Waals surface area contributed by atoms with E-state index in [0.29, 0.717) is 29.4 Å². The van der Waals surface area contributed by atoms with Crippen molar-refractivity contribution in [3.8, 4) is 5.75 Å². The first-order valence-corrected chi connectivity index (χ1v) is 9.99. The molecule has 2 heterocycles. The van der Waals surface area contributed by atoms with E-state index in [1.807, 2.05) is 0 Å². The highest BCUT2D eigenvalue weighted by molar-refractivity contribution is 6.00. The number of fused-ring (bicyclic) bond motifs is 1. The number of methoxy groups -OCH3 is 1. The van der Waals surface area contributed by atoms with Crippen molar-refractivity contribution >= 4 is 34.0 Å². The number of ether oxygens (including phenoxy) is 1. The number of hydrogen-bond acceptors (Lipinski definition) is 7. The molecule has 6 N–H and O–H groups in total. The first-order valence-electron chi connectivity index (χ1n) is 9.99. The second-order valence-corrected chi connectivity index (χ2v) is 7.62. The molecule has 2 aromatic heterocycles. The van der Waals surface area contributed by atoms with E-state index in [1.165, 1.54) is 25.6 Å². The average molecular weight is 426 g/mol. The minimum Gasteiger partial charge on any atom is -0.495 e. The summed E-state index contributed by atoms with van der Waals surface area (Å²) in [5, 5.41) is 6.43. The summed E-state index contributed by atoms with van der Waals surface area (Å²) in [4.78, 5) is 20.2. The van der Waals surface area contributed by atoms with Gasteiger partial charge in [0.2, 0.25) is 0 Å². The predicted molar refractivity (Wildman–Crippen MR) is 120 cm³/mol. The van der Waals surface area contributed by atoms with Gasteiger partial charge in [-0.05, 0) is 36.6 Å². The summed E-state index contributed by atoms with van der Waals surface area (Å²) in [6.45, 7) is 4.57. The van der Waals surface area contributed by atoms with Gasteiger partial charge in [0, 0.05) is 18.8 Å². The largest absolute Gasteiger partial charge is 0.495 e. The van der Waals surface area contributed by atoms with Crippen LogP contribution in [0.2, 0.25) is 0 Å². The van der Waals surface area contributed by atoms with Crippen molar-refractivity contribution in [3.63, 3.8) is 0 Å². The Bertz CT molecular complexity index is 1090. The molecular weight excluding hydrogens is 399 g/mol. The van der Waals surface area contributed by atoms with Crippen LogP contribution in [0.15, 0.2) is 36.7 Å². The van der Waals surface area contributed by atoms with Gasteiger partial charge in [-0.3, -0.25) is 9.78 Å². The van der Waals surface area contributed by atoms with Gasteiger partial charge < -0.3 is 26.8 Å². The molecule has 0 spiro atoms. The number of nitrogens with two attached hydrogens (primary N) is 2. The lowest BCUT2D eigenvalue weighted by Crippen LogP contribution is -2.30. The summed E-state index contributed by atoms with van der Waals surface area (Å²) in [5.41, 5.74) is 12.5. The summed E-state index contributed by atoms with van der Waals surface area (Å²) in [5.74, 6) is -0.213. The lowest BCUT2D eigenvalue weighted by Gasteiger charge is -2.23. The van der Waals surface area contributed by atoms with Crippen LogP contribution >= 0.6 is 0 Å². The molecule has 0 saturated carbocycles. The fourth-order valence-electron chi connectivity index (χ4n) is 3.45. The molecule has 9 heteroatoms. The summed E-state index contributed by atoms with van der Waals surface area (Å²) in [7, 11) is 1.52. The van der Waals surface area contributed by atoms with Crippen LogP contribution in [-0.2, 0) is 0 Å². The molecule has 3 aromatic rings. The molecule has 0 unspecified atom stereocenters. The lowest BCUT2D eigenvalue weighted by atomic mass is 10.0. The first kappa shape index (κ1) is 22.2. The zero-order valence-corrected chi connectivity index (χ0v) is 17.8. The van der Waals surface area contributed by atoms with Gasteiger partial charge in [-0.2, -0.15) is 0 Å². The van der Waals surface area contributed by atoms with Crippen LogP contribution in [0.5, 0.6) is 5.75 Å². The lowest BCUT2D eigenvalue weighted by molar-refractivity contribution is 0.100. The standard InChI is InChI=1S/C22H27FN6O2/c1-12(2)9-13(10-24)28-20-17(31-3)7-6-15-18(20)19(23)16(11-27-15)29-22-14(21(25)30)5-4-8-26-22/h4-8,11-13,28H,9-10,24H2,1-3H3,(H2,25,30)(H,26,29)/t13-/m1/s1. The third-order valence-electron chi connectivity index (χ3n) is 4.87. The van der Waals surface area contributed by atoms with Gasteiger partial charge in [0.25, 0.3) is 5.91 Å². The second kappa shape index (κ2) is 9.57. The highest BCUT2D eigenvalue weighted by Crippen LogP contribution is 2.37. The minimum atomic E-state index is -0.673. The van der Waals surface area contributed by atoms with Crippen LogP contribution in [0.4, 0.5) is 21.6 Å². The monoisotopic (exact) mass is 426 g/mol. The third-order valence-corrected chi connectivity index (χ3v) is 4.87. The van der Waals surface area contributed by atoms with Gasteiger partial charge in [0.1, 0.15) is 11.6 Å². The van der Waals surface area contributed by atoms with Crippen molar-refractivity contribution in [2.24, 2.45) is 17.4 Å². The minimum absolute atomic E-state index is 0.0539. The van der Waals surface area contributed by atoms with Crippen molar-refractivity contribution in [2.45, 2.75) is 26.3 Å². The van der Waals surface area contributed by atoms with E-state index in [2.05, 4.69) is 34.4 Å². The van der Waals surface area contributed by atoms with Gasteiger partial charge in [-0.25, -0.2) is 9.37 Å². The van der Waals surface area contributed by atoms with Crippen molar-refractivity contribution < 1.29 is 13.9 Å². The van der Waals surface area contributed by atoms with Crippen molar-refractivity contribution in [3.05, 3.63) is 48.0 Å². The van der Waals surface area contributed by atoms with E-state index in [1.54, 1.807) is 18.2 Å². The Hall–Kier alpha value is -3.46. The highest BCUT2D eigenvalue weighted by atomic mass is 19.1. The van der Waals surface area contributed by atoms with Gasteiger partial charge in [0.15, 0.2) is 5.82 Å². The van der Waals surface area contributed by atoms with E-state index in [4.69, 9.17) is 16.2 Å². The van der Waals surface area contributed by atoms with E-state index < -0.39 is 11.7 Å². The number of anilines is 3. The first-order chi connectivity index (χ1) is 14.8. The molecule has 8 nitrogen and oxygen atoms in total. The Labute approximate surface area is 180 Å². The zero-order valence-electron chi connectivity index (χ0n) is 17.8. The van der Waals surface area contributed by atoms with Gasteiger partial charge in [0.05, 0.1) is 41.1 Å². The van der Waals surface area contributed by atoms with Crippen LogP contribution in [-0.4, -0.2) is 35.6 Å². The van der Waals surface area contributed by atoms with E-state index in [0.717, 1.165) is 6.42 Å². The number of nitrogens with zero attached hydrogens (tertiary/aromatic N) is 2. The number of carbonyl (C=O) groups excluding carboxylic acids is 1. The molecule has 0 saturated heterocycles. The van der Waals surface area contributed by atoms with Crippen LogP contribution in [0.25, 0.3) is 10.9 Å². The van der Waals surface area contributed by atoms with E-state index >= 15 is 4.39 Å². The van der Waals surface area contributed by atoms with Gasteiger partial charge in [-0.15, -0.1) is 0 Å². The number of pyridine rings is 2. The van der Waals surface area contributed by atoms with Crippen molar-refractivity contribution in [1.29, 1.82) is 0 Å². The third kappa shape index (κ3) is 4.83. The van der Waals surface area contributed by atoms with Crippen LogP contribution in [0.3, 0.4) is 0 Å². The topological polar surface area (TPSA) is 128 Å². The van der Waals surface area contributed by atoms with E-state index in [-0.39, 0.29) is 28.5 Å². The Morgan fingerprint density at radius 1 is 1.26 bits per heavy atom. The van der Waals surface area contributed by atoms with Crippen LogP contribution in [0, 0.1) is 11.7 Å². The molecule has 164 valence electrons. The number of aromatic nitrogens is 2. The Morgan fingerprint density at radius 3 is 2.68 bits per heavy atom. The second-order valence-electron chi connectivity index (χ2n) is 7.62. The Balaban J connectivity index is 2.11. The van der Waals surface area contributed by atoms with Crippen LogP contribution < -0.4 is 26.8 Å². The molecule has 0 fully saturated rings. The molecule has 0 aliphatic rings. The number of carbonyl (C=O) groups is 1. The summed E-state index contributed by atoms with van der Waals surface area (Å²) in [6, 6.07) is 6.43. The van der Waals surface area contributed by atoms with Crippen LogP contribution in [0.1, 0.15) is 30.6 Å².